The topological polar surface area (TPSA) is 36.1 Å². The van der Waals surface area contributed by atoms with E-state index in [-0.39, 0.29) is 5.56 Å². The molecular weight excluding hydrogens is 316 g/mol. The van der Waals surface area contributed by atoms with Gasteiger partial charge in [-0.25, -0.2) is 0 Å². The van der Waals surface area contributed by atoms with E-state index in [1.807, 2.05) is 18.2 Å². The Kier molecular flexibility index (Phi) is 3.20. The van der Waals surface area contributed by atoms with Crippen LogP contribution in [0.1, 0.15) is 29.9 Å². The lowest BCUT2D eigenvalue weighted by atomic mass is 10.0. The van der Waals surface area contributed by atoms with E-state index in [1.54, 1.807) is 23.7 Å². The number of pyridine rings is 1. The van der Waals surface area contributed by atoms with Gasteiger partial charge >= 0.3 is 0 Å². The molecule has 0 radical (unpaired) electrons. The molecule has 0 atom stereocenters. The molecule has 1 N–H and O–H groups in total. The summed E-state index contributed by atoms with van der Waals surface area (Å²) in [5.41, 5.74) is 4.43. The second-order valence-electron chi connectivity index (χ2n) is 6.59. The molecule has 0 spiro atoms. The average molecular weight is 334 g/mol. The van der Waals surface area contributed by atoms with E-state index < -0.39 is 0 Å². The standard InChI is InChI=1S/C20H18N2OS/c23-20-17-4-2-6-19(16(17)9-11-21-20)24-22-12-10-15-14(13-7-8-13)3-1-5-18(15)22/h1-6,9,11,13H,7-8,10,12H2,(H,21,23). The first kappa shape index (κ1) is 14.2. The van der Waals surface area contributed by atoms with Crippen LogP contribution in [0.5, 0.6) is 0 Å². The van der Waals surface area contributed by atoms with Gasteiger partial charge in [0.15, 0.2) is 0 Å². The molecule has 3 nitrogen and oxygen atoms in total. The summed E-state index contributed by atoms with van der Waals surface area (Å²) in [5.74, 6) is 0.793. The highest BCUT2D eigenvalue weighted by Crippen LogP contribution is 2.47. The second kappa shape index (κ2) is 5.42. The van der Waals surface area contributed by atoms with Crippen LogP contribution in [0.25, 0.3) is 10.8 Å². The van der Waals surface area contributed by atoms with Gasteiger partial charge in [-0.15, -0.1) is 0 Å². The maximum absolute atomic E-state index is 12.0. The normalized spacial score (nSPS) is 16.6. The highest BCUT2D eigenvalue weighted by molar-refractivity contribution is 8.00. The lowest BCUT2D eigenvalue weighted by Crippen LogP contribution is -2.11. The predicted molar refractivity (Wildman–Crippen MR) is 99.9 cm³/mol. The van der Waals surface area contributed by atoms with Crippen LogP contribution in [-0.2, 0) is 6.42 Å². The third-order valence-corrected chi connectivity index (χ3v) is 6.17. The van der Waals surface area contributed by atoms with Crippen LogP contribution in [0, 0.1) is 0 Å². The molecule has 1 fully saturated rings. The summed E-state index contributed by atoms with van der Waals surface area (Å²) in [6, 6.07) is 14.7. The van der Waals surface area contributed by atoms with Crippen molar-refractivity contribution in [2.75, 3.05) is 10.8 Å². The molecule has 0 unspecified atom stereocenters. The molecule has 1 aliphatic carbocycles. The molecule has 0 amide bonds. The van der Waals surface area contributed by atoms with Gasteiger partial charge in [-0.05, 0) is 72.5 Å². The van der Waals surface area contributed by atoms with Crippen molar-refractivity contribution in [3.63, 3.8) is 0 Å². The summed E-state index contributed by atoms with van der Waals surface area (Å²) < 4.78 is 2.39. The summed E-state index contributed by atoms with van der Waals surface area (Å²) in [4.78, 5) is 15.9. The van der Waals surface area contributed by atoms with Gasteiger partial charge in [0.05, 0.1) is 5.69 Å². The third-order valence-electron chi connectivity index (χ3n) is 5.02. The van der Waals surface area contributed by atoms with Crippen LogP contribution in [0.4, 0.5) is 5.69 Å². The Morgan fingerprint density at radius 1 is 1.04 bits per heavy atom. The fourth-order valence-electron chi connectivity index (χ4n) is 3.69. The first-order chi connectivity index (χ1) is 11.8. The SMILES string of the molecule is O=c1[nH]ccc2c(SN3CCc4c(C5CC5)cccc43)cccc12. The van der Waals surface area contributed by atoms with Gasteiger partial charge < -0.3 is 9.29 Å². The van der Waals surface area contributed by atoms with E-state index in [4.69, 9.17) is 0 Å². The largest absolute Gasteiger partial charge is 0.329 e. The molecule has 0 bridgehead atoms. The minimum absolute atomic E-state index is 0.0206. The Balaban J connectivity index is 1.54. The Labute approximate surface area is 144 Å². The van der Waals surface area contributed by atoms with E-state index in [0.29, 0.717) is 0 Å². The molecule has 3 aromatic rings. The number of hydrogen-bond donors (Lipinski definition) is 1. The van der Waals surface area contributed by atoms with Crippen LogP contribution in [0.3, 0.4) is 0 Å². The molecule has 1 aliphatic heterocycles. The molecule has 2 heterocycles. The van der Waals surface area contributed by atoms with Crippen molar-refractivity contribution in [1.82, 2.24) is 4.98 Å². The van der Waals surface area contributed by atoms with Gasteiger partial charge in [-0.1, -0.05) is 18.2 Å². The van der Waals surface area contributed by atoms with Crippen LogP contribution >= 0.6 is 11.9 Å². The Morgan fingerprint density at radius 3 is 2.79 bits per heavy atom. The van der Waals surface area contributed by atoms with Crippen LogP contribution in [0.2, 0.25) is 0 Å². The van der Waals surface area contributed by atoms with Gasteiger partial charge in [0.2, 0.25) is 0 Å². The number of rotatable bonds is 3. The lowest BCUT2D eigenvalue weighted by molar-refractivity contribution is 1.01. The van der Waals surface area contributed by atoms with Gasteiger partial charge in [0.1, 0.15) is 0 Å². The third kappa shape index (κ3) is 2.25. The number of nitrogens with zero attached hydrogens (tertiary/aromatic N) is 1. The van der Waals surface area contributed by atoms with E-state index in [9.17, 15) is 4.79 Å². The number of aromatic amines is 1. The van der Waals surface area contributed by atoms with Crippen LogP contribution in [0.15, 0.2) is 58.4 Å². The van der Waals surface area contributed by atoms with Crippen molar-refractivity contribution in [3.05, 3.63) is 70.1 Å². The molecular formula is C20H18N2OS. The Hall–Kier alpha value is -2.20. The highest BCUT2D eigenvalue weighted by Gasteiger charge is 2.30. The van der Waals surface area contributed by atoms with Crippen molar-refractivity contribution < 1.29 is 0 Å². The zero-order valence-electron chi connectivity index (χ0n) is 13.3. The fourth-order valence-corrected chi connectivity index (χ4v) is 4.80. The zero-order valence-corrected chi connectivity index (χ0v) is 14.1. The van der Waals surface area contributed by atoms with Crippen molar-refractivity contribution in [1.29, 1.82) is 0 Å². The smallest absolute Gasteiger partial charge is 0.255 e. The zero-order chi connectivity index (χ0) is 16.1. The van der Waals surface area contributed by atoms with Gasteiger partial charge in [0, 0.05) is 28.4 Å². The molecule has 0 saturated heterocycles. The summed E-state index contributed by atoms with van der Waals surface area (Å²) in [5, 5.41) is 1.78. The molecule has 5 rings (SSSR count). The minimum Gasteiger partial charge on any atom is -0.329 e. The van der Waals surface area contributed by atoms with Crippen molar-refractivity contribution in [2.45, 2.75) is 30.1 Å². The first-order valence-corrected chi connectivity index (χ1v) is 9.26. The quantitative estimate of drug-likeness (QED) is 0.718. The monoisotopic (exact) mass is 334 g/mol. The minimum atomic E-state index is -0.0206. The van der Waals surface area contributed by atoms with E-state index in [1.165, 1.54) is 24.1 Å². The first-order valence-electron chi connectivity index (χ1n) is 8.49. The van der Waals surface area contributed by atoms with Gasteiger partial charge in [-0.2, -0.15) is 0 Å². The molecule has 24 heavy (non-hydrogen) atoms. The molecule has 2 aromatic carbocycles. The summed E-state index contributed by atoms with van der Waals surface area (Å²) in [6.07, 6.45) is 5.55. The van der Waals surface area contributed by atoms with Crippen molar-refractivity contribution in [3.8, 4) is 0 Å². The van der Waals surface area contributed by atoms with E-state index >= 15 is 0 Å². The maximum atomic E-state index is 12.0. The van der Waals surface area contributed by atoms with E-state index in [2.05, 4.69) is 33.6 Å². The van der Waals surface area contributed by atoms with E-state index in [0.717, 1.165) is 34.6 Å². The number of nitrogens with one attached hydrogen (secondary N) is 1. The Bertz CT molecular complexity index is 990. The Morgan fingerprint density at radius 2 is 1.92 bits per heavy atom. The number of fused-ring (bicyclic) bond motifs is 2. The second-order valence-corrected chi connectivity index (χ2v) is 7.65. The predicted octanol–water partition coefficient (Wildman–Crippen LogP) is 4.48. The summed E-state index contributed by atoms with van der Waals surface area (Å²) in [6.45, 7) is 1.03. The molecule has 1 aromatic heterocycles. The van der Waals surface area contributed by atoms with Crippen molar-refractivity contribution in [2.24, 2.45) is 0 Å². The number of hydrogen-bond acceptors (Lipinski definition) is 3. The summed E-state index contributed by atoms with van der Waals surface area (Å²) in [7, 11) is 0. The average Bonchev–Trinajstić information content (AvgIpc) is 3.37. The number of benzene rings is 2. The molecule has 120 valence electrons. The fraction of sp³-hybridized carbons (Fsp3) is 0.250. The molecule has 4 heteroatoms. The highest BCUT2D eigenvalue weighted by atomic mass is 32.2. The number of aromatic nitrogens is 1. The van der Waals surface area contributed by atoms with Crippen LogP contribution < -0.4 is 9.86 Å². The lowest BCUT2D eigenvalue weighted by Gasteiger charge is -2.19. The van der Waals surface area contributed by atoms with Gasteiger partial charge in [0.25, 0.3) is 5.56 Å². The van der Waals surface area contributed by atoms with Gasteiger partial charge in [-0.3, -0.25) is 4.79 Å². The molecule has 2 aliphatic rings. The molecule has 1 saturated carbocycles. The summed E-state index contributed by atoms with van der Waals surface area (Å²) >= 11 is 1.75. The van der Waals surface area contributed by atoms with Crippen molar-refractivity contribution >= 4 is 28.4 Å². The van der Waals surface area contributed by atoms with Crippen LogP contribution in [-0.4, -0.2) is 11.5 Å². The number of H-pyrrole nitrogens is 1. The number of anilines is 1. The maximum Gasteiger partial charge on any atom is 0.255 e.